The zero-order chi connectivity index (χ0) is 12.8. The van der Waals surface area contributed by atoms with Crippen molar-refractivity contribution < 1.29 is 4.74 Å². The number of benzene rings is 1. The molecule has 96 valence electrons. The molecule has 1 aromatic heterocycles. The maximum atomic E-state index is 5.83. The van der Waals surface area contributed by atoms with E-state index in [1.54, 1.807) is 6.20 Å². The predicted octanol–water partition coefficient (Wildman–Crippen LogP) is 1.85. The van der Waals surface area contributed by atoms with Gasteiger partial charge in [0, 0.05) is 18.4 Å². The Labute approximate surface area is 107 Å². The van der Waals surface area contributed by atoms with Gasteiger partial charge in [-0.05, 0) is 31.0 Å². The van der Waals surface area contributed by atoms with E-state index in [-0.39, 0.29) is 6.04 Å². The minimum absolute atomic E-state index is 0.140. The van der Waals surface area contributed by atoms with Gasteiger partial charge in [0.05, 0.1) is 6.54 Å². The zero-order valence-corrected chi connectivity index (χ0v) is 10.6. The van der Waals surface area contributed by atoms with E-state index in [4.69, 9.17) is 10.5 Å². The molecule has 0 bridgehead atoms. The van der Waals surface area contributed by atoms with Crippen LogP contribution in [0, 0.1) is 0 Å². The second kappa shape index (κ2) is 6.21. The van der Waals surface area contributed by atoms with Crippen molar-refractivity contribution in [2.75, 3.05) is 6.61 Å². The minimum Gasteiger partial charge on any atom is -0.491 e. The average Bonchev–Trinajstić information content (AvgIpc) is 2.84. The van der Waals surface area contributed by atoms with E-state index in [2.05, 4.69) is 11.2 Å². The van der Waals surface area contributed by atoms with Gasteiger partial charge in [-0.3, -0.25) is 4.68 Å². The second-order valence-corrected chi connectivity index (χ2v) is 4.41. The van der Waals surface area contributed by atoms with Gasteiger partial charge in [0.1, 0.15) is 12.4 Å². The van der Waals surface area contributed by atoms with Crippen LogP contribution in [-0.4, -0.2) is 22.4 Å². The first-order valence-corrected chi connectivity index (χ1v) is 6.19. The molecular weight excluding hydrogens is 226 g/mol. The first-order chi connectivity index (χ1) is 8.75. The molecule has 2 rings (SSSR count). The van der Waals surface area contributed by atoms with Gasteiger partial charge in [0.15, 0.2) is 0 Å². The third kappa shape index (κ3) is 3.60. The fourth-order valence-electron chi connectivity index (χ4n) is 1.84. The van der Waals surface area contributed by atoms with E-state index in [0.717, 1.165) is 24.3 Å². The summed E-state index contributed by atoms with van der Waals surface area (Å²) in [6.07, 6.45) is 4.53. The van der Waals surface area contributed by atoms with Gasteiger partial charge in [0.25, 0.3) is 0 Å². The van der Waals surface area contributed by atoms with Gasteiger partial charge in [-0.15, -0.1) is 0 Å². The molecule has 18 heavy (non-hydrogen) atoms. The Bertz CT molecular complexity index is 466. The van der Waals surface area contributed by atoms with Crippen LogP contribution in [0.5, 0.6) is 5.75 Å². The lowest BCUT2D eigenvalue weighted by atomic mass is 10.1. The topological polar surface area (TPSA) is 53.1 Å². The highest BCUT2D eigenvalue weighted by Gasteiger charge is 2.05. The molecule has 0 aliphatic rings. The Morgan fingerprint density at radius 2 is 2.17 bits per heavy atom. The van der Waals surface area contributed by atoms with Crippen LogP contribution >= 0.6 is 0 Å². The number of ether oxygens (including phenoxy) is 1. The average molecular weight is 245 g/mol. The molecule has 2 aromatic rings. The highest BCUT2D eigenvalue weighted by atomic mass is 16.5. The number of nitrogens with zero attached hydrogens (tertiary/aromatic N) is 2. The lowest BCUT2D eigenvalue weighted by Gasteiger charge is -2.13. The van der Waals surface area contributed by atoms with Gasteiger partial charge in [-0.2, -0.15) is 5.10 Å². The van der Waals surface area contributed by atoms with E-state index in [0.29, 0.717) is 6.61 Å². The standard InChI is InChI=1S/C14H19N3O/c1-12(15)11-13-5-2-3-6-14(13)18-10-9-17-8-4-7-16-17/h2-8,12H,9-11,15H2,1H3. The third-order valence-corrected chi connectivity index (χ3v) is 2.65. The predicted molar refractivity (Wildman–Crippen MR) is 71.5 cm³/mol. The monoisotopic (exact) mass is 245 g/mol. The number of rotatable bonds is 6. The Morgan fingerprint density at radius 1 is 1.33 bits per heavy atom. The van der Waals surface area contributed by atoms with Crippen molar-refractivity contribution in [2.45, 2.75) is 25.9 Å². The lowest BCUT2D eigenvalue weighted by molar-refractivity contribution is 0.288. The molecule has 0 spiro atoms. The summed E-state index contributed by atoms with van der Waals surface area (Å²) in [4.78, 5) is 0. The Kier molecular flexibility index (Phi) is 4.36. The zero-order valence-electron chi connectivity index (χ0n) is 10.6. The highest BCUT2D eigenvalue weighted by molar-refractivity contribution is 5.33. The maximum absolute atomic E-state index is 5.83. The maximum Gasteiger partial charge on any atom is 0.122 e. The molecule has 1 unspecified atom stereocenters. The molecular formula is C14H19N3O. The van der Waals surface area contributed by atoms with Crippen LogP contribution in [0.2, 0.25) is 0 Å². The molecule has 1 heterocycles. The fourth-order valence-corrected chi connectivity index (χ4v) is 1.84. The summed E-state index contributed by atoms with van der Waals surface area (Å²) < 4.78 is 7.65. The van der Waals surface area contributed by atoms with E-state index >= 15 is 0 Å². The number of hydrogen-bond donors (Lipinski definition) is 1. The van der Waals surface area contributed by atoms with Gasteiger partial charge >= 0.3 is 0 Å². The van der Waals surface area contributed by atoms with E-state index in [1.165, 1.54) is 0 Å². The molecule has 0 saturated heterocycles. The lowest BCUT2D eigenvalue weighted by Crippen LogP contribution is -2.18. The molecule has 0 aliphatic carbocycles. The minimum atomic E-state index is 0.140. The summed E-state index contributed by atoms with van der Waals surface area (Å²) in [5, 5.41) is 4.13. The molecule has 0 radical (unpaired) electrons. The molecule has 0 saturated carbocycles. The van der Waals surface area contributed by atoms with Gasteiger partial charge < -0.3 is 10.5 Å². The number of hydrogen-bond acceptors (Lipinski definition) is 3. The largest absolute Gasteiger partial charge is 0.491 e. The summed E-state index contributed by atoms with van der Waals surface area (Å²) in [6.45, 7) is 3.36. The number of nitrogens with two attached hydrogens (primary N) is 1. The van der Waals surface area contributed by atoms with Crippen LogP contribution in [-0.2, 0) is 13.0 Å². The van der Waals surface area contributed by atoms with Crippen molar-refractivity contribution in [1.29, 1.82) is 0 Å². The third-order valence-electron chi connectivity index (χ3n) is 2.65. The molecule has 0 aliphatic heterocycles. The normalized spacial score (nSPS) is 12.3. The Balaban J connectivity index is 1.92. The number of para-hydroxylation sites is 1. The smallest absolute Gasteiger partial charge is 0.122 e. The summed E-state index contributed by atoms with van der Waals surface area (Å²) in [5.41, 5.74) is 6.99. The molecule has 4 heteroatoms. The van der Waals surface area contributed by atoms with Gasteiger partial charge in [0.2, 0.25) is 0 Å². The van der Waals surface area contributed by atoms with Crippen LogP contribution in [0.4, 0.5) is 0 Å². The van der Waals surface area contributed by atoms with E-state index < -0.39 is 0 Å². The van der Waals surface area contributed by atoms with Crippen molar-refractivity contribution >= 4 is 0 Å². The summed E-state index contributed by atoms with van der Waals surface area (Å²) in [6, 6.07) is 10.1. The van der Waals surface area contributed by atoms with Crippen molar-refractivity contribution in [3.63, 3.8) is 0 Å². The van der Waals surface area contributed by atoms with Crippen molar-refractivity contribution in [1.82, 2.24) is 9.78 Å². The quantitative estimate of drug-likeness (QED) is 0.845. The first kappa shape index (κ1) is 12.6. The number of aromatic nitrogens is 2. The van der Waals surface area contributed by atoms with Crippen molar-refractivity contribution in [3.05, 3.63) is 48.3 Å². The molecule has 0 fully saturated rings. The summed E-state index contributed by atoms with van der Waals surface area (Å²) >= 11 is 0. The second-order valence-electron chi connectivity index (χ2n) is 4.41. The van der Waals surface area contributed by atoms with E-state index in [9.17, 15) is 0 Å². The van der Waals surface area contributed by atoms with Crippen molar-refractivity contribution in [3.8, 4) is 5.75 Å². The van der Waals surface area contributed by atoms with Gasteiger partial charge in [-0.25, -0.2) is 0 Å². The molecule has 1 aromatic carbocycles. The molecule has 2 N–H and O–H groups in total. The van der Waals surface area contributed by atoms with Gasteiger partial charge in [-0.1, -0.05) is 18.2 Å². The van der Waals surface area contributed by atoms with Crippen LogP contribution in [0.1, 0.15) is 12.5 Å². The van der Waals surface area contributed by atoms with Crippen LogP contribution in [0.3, 0.4) is 0 Å². The van der Waals surface area contributed by atoms with Crippen LogP contribution in [0.15, 0.2) is 42.7 Å². The van der Waals surface area contributed by atoms with E-state index in [1.807, 2.05) is 42.1 Å². The summed E-state index contributed by atoms with van der Waals surface area (Å²) in [7, 11) is 0. The van der Waals surface area contributed by atoms with Crippen LogP contribution in [0.25, 0.3) is 0 Å². The highest BCUT2D eigenvalue weighted by Crippen LogP contribution is 2.19. The Morgan fingerprint density at radius 3 is 2.89 bits per heavy atom. The van der Waals surface area contributed by atoms with Crippen molar-refractivity contribution in [2.24, 2.45) is 5.73 Å². The molecule has 1 atom stereocenters. The first-order valence-electron chi connectivity index (χ1n) is 6.19. The Hall–Kier alpha value is -1.81. The fraction of sp³-hybridized carbons (Fsp3) is 0.357. The molecule has 4 nitrogen and oxygen atoms in total. The van der Waals surface area contributed by atoms with Crippen LogP contribution < -0.4 is 10.5 Å². The SMILES string of the molecule is CC(N)Cc1ccccc1OCCn1cccn1. The summed E-state index contributed by atoms with van der Waals surface area (Å²) in [5.74, 6) is 0.918. The molecule has 0 amide bonds.